The first-order chi connectivity index (χ1) is 12.0. The van der Waals surface area contributed by atoms with Crippen LogP contribution in [0, 0.1) is 5.92 Å². The van der Waals surface area contributed by atoms with Gasteiger partial charge >= 0.3 is 0 Å². The molecule has 2 N–H and O–H groups in total. The van der Waals surface area contributed by atoms with Gasteiger partial charge in [0.25, 0.3) is 0 Å². The van der Waals surface area contributed by atoms with E-state index in [-0.39, 0.29) is 17.4 Å². The van der Waals surface area contributed by atoms with Crippen LogP contribution in [0.15, 0.2) is 59.5 Å². The lowest BCUT2D eigenvalue weighted by Crippen LogP contribution is -2.42. The maximum absolute atomic E-state index is 12.6. The first-order valence-corrected chi connectivity index (χ1v) is 9.94. The highest BCUT2D eigenvalue weighted by molar-refractivity contribution is 7.89. The Labute approximate surface area is 148 Å². The van der Waals surface area contributed by atoms with Crippen LogP contribution in [0.5, 0.6) is 5.75 Å². The SMILES string of the molecule is CCOc1ccc(S(=O)(=O)NCC(O)(c2ccccc2)C2CC2)cc1. The molecule has 1 atom stereocenters. The van der Waals surface area contributed by atoms with E-state index < -0.39 is 15.6 Å². The van der Waals surface area contributed by atoms with Crippen LogP contribution < -0.4 is 9.46 Å². The minimum absolute atomic E-state index is 0.0444. The summed E-state index contributed by atoms with van der Waals surface area (Å²) in [4.78, 5) is 0.155. The lowest BCUT2D eigenvalue weighted by Gasteiger charge is -2.29. The Kier molecular flexibility index (Phi) is 5.13. The van der Waals surface area contributed by atoms with Crippen molar-refractivity contribution in [2.24, 2.45) is 5.92 Å². The average molecular weight is 361 g/mol. The van der Waals surface area contributed by atoms with Gasteiger partial charge in [-0.15, -0.1) is 0 Å². The third-order valence-electron chi connectivity index (χ3n) is 4.50. The molecule has 1 aliphatic rings. The molecule has 134 valence electrons. The zero-order valence-corrected chi connectivity index (χ0v) is 15.0. The molecule has 0 aliphatic heterocycles. The number of sulfonamides is 1. The molecule has 2 aromatic carbocycles. The van der Waals surface area contributed by atoms with Crippen LogP contribution in [-0.4, -0.2) is 26.7 Å². The summed E-state index contributed by atoms with van der Waals surface area (Å²) in [5.41, 5.74) is -0.438. The number of hydrogen-bond acceptors (Lipinski definition) is 4. The van der Waals surface area contributed by atoms with Crippen molar-refractivity contribution in [2.45, 2.75) is 30.3 Å². The van der Waals surface area contributed by atoms with Gasteiger partial charge in [-0.2, -0.15) is 0 Å². The Morgan fingerprint density at radius 3 is 2.32 bits per heavy atom. The fourth-order valence-electron chi connectivity index (χ4n) is 2.94. The summed E-state index contributed by atoms with van der Waals surface area (Å²) in [6.45, 7) is 2.35. The molecule has 0 aromatic heterocycles. The number of hydrogen-bond donors (Lipinski definition) is 2. The minimum atomic E-state index is -3.70. The number of nitrogens with one attached hydrogen (secondary N) is 1. The average Bonchev–Trinajstić information content (AvgIpc) is 3.47. The van der Waals surface area contributed by atoms with Gasteiger partial charge in [-0.3, -0.25) is 0 Å². The molecule has 0 amide bonds. The first-order valence-electron chi connectivity index (χ1n) is 8.46. The molecule has 1 saturated carbocycles. The second-order valence-electron chi connectivity index (χ2n) is 6.29. The maximum Gasteiger partial charge on any atom is 0.240 e. The summed E-state index contributed by atoms with van der Waals surface area (Å²) in [5.74, 6) is 0.707. The summed E-state index contributed by atoms with van der Waals surface area (Å²) in [6, 6.07) is 15.5. The molecule has 1 unspecified atom stereocenters. The third kappa shape index (κ3) is 4.03. The van der Waals surface area contributed by atoms with Gasteiger partial charge in [-0.05, 0) is 55.5 Å². The molecule has 6 heteroatoms. The van der Waals surface area contributed by atoms with E-state index in [1.807, 2.05) is 37.3 Å². The highest BCUT2D eigenvalue weighted by Crippen LogP contribution is 2.45. The van der Waals surface area contributed by atoms with Crippen molar-refractivity contribution in [3.05, 3.63) is 60.2 Å². The van der Waals surface area contributed by atoms with E-state index in [1.165, 1.54) is 12.1 Å². The molecule has 25 heavy (non-hydrogen) atoms. The Morgan fingerprint density at radius 1 is 1.12 bits per heavy atom. The van der Waals surface area contributed by atoms with Gasteiger partial charge in [0.1, 0.15) is 11.4 Å². The molecule has 5 nitrogen and oxygen atoms in total. The molecule has 1 aliphatic carbocycles. The van der Waals surface area contributed by atoms with E-state index in [2.05, 4.69) is 4.72 Å². The first kappa shape index (κ1) is 17.9. The standard InChI is InChI=1S/C19H23NO4S/c1-2-24-17-10-12-18(13-11-17)25(22,23)20-14-19(21,16-8-9-16)15-6-4-3-5-7-15/h3-7,10-13,16,20-21H,2,8-9,14H2,1H3. The molecular weight excluding hydrogens is 338 g/mol. The predicted molar refractivity (Wildman–Crippen MR) is 95.9 cm³/mol. The van der Waals surface area contributed by atoms with E-state index in [4.69, 9.17) is 4.74 Å². The molecule has 0 saturated heterocycles. The number of ether oxygens (including phenoxy) is 1. The summed E-state index contributed by atoms with van der Waals surface area (Å²) in [6.07, 6.45) is 1.80. The van der Waals surface area contributed by atoms with Crippen molar-refractivity contribution in [2.75, 3.05) is 13.2 Å². The van der Waals surface area contributed by atoms with Gasteiger partial charge in [-0.1, -0.05) is 30.3 Å². The molecule has 1 fully saturated rings. The molecular formula is C19H23NO4S. The Hall–Kier alpha value is -1.89. The maximum atomic E-state index is 12.6. The van der Waals surface area contributed by atoms with Crippen molar-refractivity contribution in [3.8, 4) is 5.75 Å². The second-order valence-corrected chi connectivity index (χ2v) is 8.06. The molecule has 0 bridgehead atoms. The number of benzene rings is 2. The molecule has 3 rings (SSSR count). The highest BCUT2D eigenvalue weighted by atomic mass is 32.2. The van der Waals surface area contributed by atoms with Crippen LogP contribution >= 0.6 is 0 Å². The Balaban J connectivity index is 1.76. The zero-order chi connectivity index (χ0) is 17.9. The summed E-state index contributed by atoms with van der Waals surface area (Å²) < 4.78 is 33.0. The van der Waals surface area contributed by atoms with E-state index in [1.54, 1.807) is 12.1 Å². The van der Waals surface area contributed by atoms with Crippen molar-refractivity contribution in [1.29, 1.82) is 0 Å². The van der Waals surface area contributed by atoms with Gasteiger partial charge in [0, 0.05) is 6.54 Å². The molecule has 2 aromatic rings. The van der Waals surface area contributed by atoms with Gasteiger partial charge in [0.2, 0.25) is 10.0 Å². The van der Waals surface area contributed by atoms with Crippen molar-refractivity contribution in [3.63, 3.8) is 0 Å². The van der Waals surface area contributed by atoms with Crippen molar-refractivity contribution >= 4 is 10.0 Å². The smallest absolute Gasteiger partial charge is 0.240 e. The summed E-state index contributed by atoms with van der Waals surface area (Å²) in [7, 11) is -3.70. The topological polar surface area (TPSA) is 75.6 Å². The fraction of sp³-hybridized carbons (Fsp3) is 0.368. The zero-order valence-electron chi connectivity index (χ0n) is 14.2. The Morgan fingerprint density at radius 2 is 1.76 bits per heavy atom. The van der Waals surface area contributed by atoms with Crippen LogP contribution in [0.2, 0.25) is 0 Å². The van der Waals surface area contributed by atoms with Crippen LogP contribution in [0.25, 0.3) is 0 Å². The van der Waals surface area contributed by atoms with E-state index in [0.717, 1.165) is 18.4 Å². The molecule has 0 spiro atoms. The number of aliphatic hydroxyl groups is 1. The van der Waals surface area contributed by atoms with Crippen LogP contribution in [-0.2, 0) is 15.6 Å². The van der Waals surface area contributed by atoms with E-state index in [9.17, 15) is 13.5 Å². The quantitative estimate of drug-likeness (QED) is 0.758. The van der Waals surface area contributed by atoms with Crippen LogP contribution in [0.4, 0.5) is 0 Å². The van der Waals surface area contributed by atoms with E-state index in [0.29, 0.717) is 12.4 Å². The minimum Gasteiger partial charge on any atom is -0.494 e. The summed E-state index contributed by atoms with van der Waals surface area (Å²) in [5, 5.41) is 11.1. The van der Waals surface area contributed by atoms with Crippen molar-refractivity contribution in [1.82, 2.24) is 4.72 Å². The van der Waals surface area contributed by atoms with E-state index >= 15 is 0 Å². The number of rotatable bonds is 8. The molecule has 0 radical (unpaired) electrons. The van der Waals surface area contributed by atoms with Gasteiger partial charge in [0.15, 0.2) is 0 Å². The Bertz CT molecular complexity index is 801. The normalized spacial score (nSPS) is 17.0. The van der Waals surface area contributed by atoms with Crippen LogP contribution in [0.1, 0.15) is 25.3 Å². The lowest BCUT2D eigenvalue weighted by molar-refractivity contribution is 0.0185. The van der Waals surface area contributed by atoms with Gasteiger partial charge in [-0.25, -0.2) is 13.1 Å². The van der Waals surface area contributed by atoms with Gasteiger partial charge < -0.3 is 9.84 Å². The van der Waals surface area contributed by atoms with Crippen LogP contribution in [0.3, 0.4) is 0 Å². The summed E-state index contributed by atoms with van der Waals surface area (Å²) >= 11 is 0. The van der Waals surface area contributed by atoms with Crippen molar-refractivity contribution < 1.29 is 18.3 Å². The fourth-order valence-corrected chi connectivity index (χ4v) is 4.01. The van der Waals surface area contributed by atoms with Gasteiger partial charge in [0.05, 0.1) is 11.5 Å². The predicted octanol–water partition coefficient (Wildman–Crippen LogP) is 2.66. The lowest BCUT2D eigenvalue weighted by atomic mass is 9.89. The molecule has 0 heterocycles. The third-order valence-corrected chi connectivity index (χ3v) is 5.92. The second kappa shape index (κ2) is 7.15. The largest absolute Gasteiger partial charge is 0.494 e. The highest BCUT2D eigenvalue weighted by Gasteiger charge is 2.45. The monoisotopic (exact) mass is 361 g/mol.